The van der Waals surface area contributed by atoms with Gasteiger partial charge in [0.15, 0.2) is 0 Å². The second-order valence-electron chi connectivity index (χ2n) is 5.68. The predicted octanol–water partition coefficient (Wildman–Crippen LogP) is 6.20. The maximum absolute atomic E-state index is 12.8. The fourth-order valence-electron chi connectivity index (χ4n) is 2.51. The minimum Gasteiger partial charge on any atom is -0.406 e. The molecule has 0 amide bonds. The zero-order valence-electron chi connectivity index (χ0n) is 13.9. The molecule has 0 atom stereocenters. The third-order valence-electron chi connectivity index (χ3n) is 3.71. The number of rotatable bonds is 4. The summed E-state index contributed by atoms with van der Waals surface area (Å²) < 4.78 is 80.5. The number of imidazole rings is 1. The van der Waals surface area contributed by atoms with E-state index in [1.165, 1.54) is 28.8 Å². The van der Waals surface area contributed by atoms with Crippen molar-refractivity contribution in [1.82, 2.24) is 9.55 Å². The zero-order chi connectivity index (χ0) is 20.5. The quantitative estimate of drug-likeness (QED) is 0.371. The van der Waals surface area contributed by atoms with E-state index in [1.807, 2.05) is 0 Å². The van der Waals surface area contributed by atoms with E-state index >= 15 is 0 Å². The average Bonchev–Trinajstić information content (AvgIpc) is 3.05. The van der Waals surface area contributed by atoms with Crippen LogP contribution in [0.3, 0.4) is 0 Å². The summed E-state index contributed by atoms with van der Waals surface area (Å²) in [6.07, 6.45) is -7.73. The molecule has 3 rings (SSSR count). The molecule has 0 N–H and O–H groups in total. The fraction of sp³-hybridized carbons (Fsp3) is 0.167. The number of benzene rings is 2. The molecule has 0 aliphatic carbocycles. The van der Waals surface area contributed by atoms with Gasteiger partial charge in [-0.1, -0.05) is 12.1 Å². The van der Waals surface area contributed by atoms with Gasteiger partial charge < -0.3 is 4.74 Å². The Bertz CT molecular complexity index is 946. The number of ether oxygens (including phenoxy) is 1. The molecule has 0 fully saturated rings. The van der Waals surface area contributed by atoms with E-state index in [-0.39, 0.29) is 5.88 Å². The Morgan fingerprint density at radius 1 is 0.893 bits per heavy atom. The van der Waals surface area contributed by atoms with Crippen molar-refractivity contribution in [3.8, 4) is 22.8 Å². The summed E-state index contributed by atoms with van der Waals surface area (Å²) in [7, 11) is 0. The van der Waals surface area contributed by atoms with Gasteiger partial charge in [-0.25, -0.2) is 4.98 Å². The molecule has 10 heteroatoms. The van der Waals surface area contributed by atoms with Gasteiger partial charge in [-0.3, -0.25) is 4.57 Å². The molecule has 1 aromatic heterocycles. The maximum atomic E-state index is 12.8. The minimum absolute atomic E-state index is 0.0515. The number of alkyl halides is 7. The molecule has 148 valence electrons. The van der Waals surface area contributed by atoms with E-state index in [4.69, 9.17) is 11.6 Å². The first-order valence-electron chi connectivity index (χ1n) is 7.75. The molecule has 0 bridgehead atoms. The highest BCUT2D eigenvalue weighted by molar-refractivity contribution is 6.16. The number of halogens is 7. The normalized spacial score (nSPS) is 12.2. The second kappa shape index (κ2) is 7.38. The Morgan fingerprint density at radius 3 is 2.00 bits per heavy atom. The van der Waals surface area contributed by atoms with Crippen LogP contribution in [0.15, 0.2) is 54.7 Å². The van der Waals surface area contributed by atoms with Crippen LogP contribution >= 0.6 is 11.6 Å². The molecule has 3 nitrogen and oxygen atoms in total. The van der Waals surface area contributed by atoms with Gasteiger partial charge in [-0.2, -0.15) is 13.2 Å². The predicted molar refractivity (Wildman–Crippen MR) is 90.2 cm³/mol. The third-order valence-corrected chi connectivity index (χ3v) is 3.99. The van der Waals surface area contributed by atoms with Crippen molar-refractivity contribution in [1.29, 1.82) is 0 Å². The van der Waals surface area contributed by atoms with Gasteiger partial charge in [-0.15, -0.1) is 24.8 Å². The number of nitrogens with zero attached hydrogens (tertiary/aromatic N) is 2. The van der Waals surface area contributed by atoms with Crippen LogP contribution in [-0.4, -0.2) is 15.9 Å². The van der Waals surface area contributed by atoms with Crippen molar-refractivity contribution < 1.29 is 31.1 Å². The number of hydrogen-bond acceptors (Lipinski definition) is 2. The minimum atomic E-state index is -4.81. The van der Waals surface area contributed by atoms with Crippen LogP contribution in [0, 0.1) is 0 Å². The Hall–Kier alpha value is -2.68. The first-order valence-corrected chi connectivity index (χ1v) is 8.28. The van der Waals surface area contributed by atoms with Crippen LogP contribution in [0.2, 0.25) is 0 Å². The van der Waals surface area contributed by atoms with E-state index in [1.54, 1.807) is 6.20 Å². The number of aromatic nitrogens is 2. The fourth-order valence-corrected chi connectivity index (χ4v) is 2.64. The lowest BCUT2D eigenvalue weighted by molar-refractivity contribution is -0.274. The van der Waals surface area contributed by atoms with Crippen LogP contribution in [0.25, 0.3) is 17.1 Å². The van der Waals surface area contributed by atoms with Crippen LogP contribution in [0.5, 0.6) is 5.75 Å². The third kappa shape index (κ3) is 4.59. The Kier molecular flexibility index (Phi) is 5.29. The lowest BCUT2D eigenvalue weighted by Gasteiger charge is -2.12. The van der Waals surface area contributed by atoms with Crippen molar-refractivity contribution in [2.24, 2.45) is 0 Å². The molecule has 0 unspecified atom stereocenters. The summed E-state index contributed by atoms with van der Waals surface area (Å²) in [5.74, 6) is -0.0468. The molecule has 2 aromatic carbocycles. The molecular weight excluding hydrogens is 410 g/mol. The molecular formula is C18H11ClF6N2O. The average molecular weight is 421 g/mol. The van der Waals surface area contributed by atoms with Gasteiger partial charge >= 0.3 is 12.5 Å². The summed E-state index contributed by atoms with van der Waals surface area (Å²) in [5.41, 5.74) is 0.473. The molecule has 0 saturated heterocycles. The van der Waals surface area contributed by atoms with E-state index in [9.17, 15) is 26.3 Å². The van der Waals surface area contributed by atoms with Crippen molar-refractivity contribution >= 4 is 11.6 Å². The summed E-state index contributed by atoms with van der Waals surface area (Å²) >= 11 is 5.80. The summed E-state index contributed by atoms with van der Waals surface area (Å²) in [6.45, 7) is 0. The van der Waals surface area contributed by atoms with Crippen LogP contribution < -0.4 is 4.74 Å². The van der Waals surface area contributed by atoms with E-state index < -0.39 is 23.9 Å². The SMILES string of the molecule is FC(F)(F)Oc1ccc(-n2cc(CCl)nc2-c2ccc(C(F)(F)F)cc2)cc1. The first kappa shape index (κ1) is 20.1. The van der Waals surface area contributed by atoms with Gasteiger partial charge in [0.25, 0.3) is 0 Å². The highest BCUT2D eigenvalue weighted by Gasteiger charge is 2.31. The topological polar surface area (TPSA) is 27.1 Å². The highest BCUT2D eigenvalue weighted by atomic mass is 35.5. The number of hydrogen-bond donors (Lipinski definition) is 0. The van der Waals surface area contributed by atoms with Gasteiger partial charge in [0.1, 0.15) is 11.6 Å². The van der Waals surface area contributed by atoms with Crippen molar-refractivity contribution in [3.05, 3.63) is 66.0 Å². The van der Waals surface area contributed by atoms with Gasteiger partial charge in [-0.05, 0) is 36.4 Å². The largest absolute Gasteiger partial charge is 0.573 e. The van der Waals surface area contributed by atoms with Gasteiger partial charge in [0.2, 0.25) is 0 Å². The molecule has 3 aromatic rings. The Balaban J connectivity index is 1.98. The van der Waals surface area contributed by atoms with E-state index in [2.05, 4.69) is 9.72 Å². The highest BCUT2D eigenvalue weighted by Crippen LogP contribution is 2.32. The van der Waals surface area contributed by atoms with Gasteiger partial charge in [0, 0.05) is 17.4 Å². The van der Waals surface area contributed by atoms with Gasteiger partial charge in [0.05, 0.1) is 17.1 Å². The van der Waals surface area contributed by atoms with Crippen molar-refractivity contribution in [2.75, 3.05) is 0 Å². The lowest BCUT2D eigenvalue weighted by atomic mass is 10.1. The monoisotopic (exact) mass is 420 g/mol. The summed E-state index contributed by atoms with van der Waals surface area (Å²) in [5, 5.41) is 0. The van der Waals surface area contributed by atoms with Crippen LogP contribution in [0.4, 0.5) is 26.3 Å². The van der Waals surface area contributed by atoms with Crippen LogP contribution in [0.1, 0.15) is 11.3 Å². The van der Waals surface area contributed by atoms with Crippen molar-refractivity contribution in [3.63, 3.8) is 0 Å². The Labute approximate surface area is 160 Å². The summed E-state index contributed by atoms with van der Waals surface area (Å²) in [4.78, 5) is 4.29. The smallest absolute Gasteiger partial charge is 0.406 e. The maximum Gasteiger partial charge on any atom is 0.573 e. The molecule has 0 saturated carbocycles. The molecule has 1 heterocycles. The summed E-state index contributed by atoms with van der Waals surface area (Å²) in [6, 6.07) is 9.37. The molecule has 0 spiro atoms. The van der Waals surface area contributed by atoms with Crippen LogP contribution in [-0.2, 0) is 12.1 Å². The van der Waals surface area contributed by atoms with E-state index in [0.29, 0.717) is 22.8 Å². The molecule has 0 aliphatic rings. The standard InChI is InChI=1S/C18H11ClF6N2O/c19-9-13-10-27(14-5-7-15(8-6-14)28-18(23,24)25)16(26-13)11-1-3-12(4-2-11)17(20,21)22/h1-8,10H,9H2. The first-order chi connectivity index (χ1) is 13.1. The molecule has 0 aliphatic heterocycles. The van der Waals surface area contributed by atoms with E-state index in [0.717, 1.165) is 24.3 Å². The zero-order valence-corrected chi connectivity index (χ0v) is 14.6. The second-order valence-corrected chi connectivity index (χ2v) is 5.94. The van der Waals surface area contributed by atoms with Crippen molar-refractivity contribution in [2.45, 2.75) is 18.4 Å². The molecule has 28 heavy (non-hydrogen) atoms. The Morgan fingerprint density at radius 2 is 1.50 bits per heavy atom. The molecule has 0 radical (unpaired) electrons. The lowest BCUT2D eigenvalue weighted by Crippen LogP contribution is -2.17.